The van der Waals surface area contributed by atoms with Crippen molar-refractivity contribution in [2.24, 2.45) is 11.3 Å². The zero-order valence-corrected chi connectivity index (χ0v) is 14.4. The van der Waals surface area contributed by atoms with E-state index in [9.17, 15) is 0 Å². The monoisotopic (exact) mass is 268 g/mol. The molecule has 1 rings (SSSR count). The van der Waals surface area contributed by atoms with Crippen LogP contribution in [0.2, 0.25) is 0 Å². The summed E-state index contributed by atoms with van der Waals surface area (Å²) in [5, 5.41) is 0. The molecule has 0 saturated carbocycles. The second-order valence-electron chi connectivity index (χ2n) is 8.43. The smallest absolute Gasteiger partial charge is 0.0122 e. The lowest BCUT2D eigenvalue weighted by Gasteiger charge is -2.39. The van der Waals surface area contributed by atoms with Crippen LogP contribution < -0.4 is 0 Å². The average molecular weight is 268 g/mol. The Morgan fingerprint density at radius 1 is 1.00 bits per heavy atom. The molecule has 0 aliphatic carbocycles. The van der Waals surface area contributed by atoms with Crippen molar-refractivity contribution < 1.29 is 0 Å². The maximum atomic E-state index is 2.67. The first kappa shape index (κ1) is 17.0. The number of hydrogen-bond acceptors (Lipinski definition) is 2. The number of rotatable bonds is 4. The first-order valence-corrected chi connectivity index (χ1v) is 8.04. The van der Waals surface area contributed by atoms with Crippen molar-refractivity contribution in [3.05, 3.63) is 0 Å². The van der Waals surface area contributed by atoms with E-state index in [1.807, 2.05) is 0 Å². The molecule has 1 heterocycles. The Morgan fingerprint density at radius 3 is 1.95 bits per heavy atom. The zero-order valence-electron chi connectivity index (χ0n) is 14.4. The summed E-state index contributed by atoms with van der Waals surface area (Å²) in [6.45, 7) is 19.2. The fourth-order valence-corrected chi connectivity index (χ4v) is 2.89. The number of hydrogen-bond donors (Lipinski definition) is 0. The summed E-state index contributed by atoms with van der Waals surface area (Å²) in [7, 11) is 2.24. The van der Waals surface area contributed by atoms with Gasteiger partial charge in [-0.15, -0.1) is 0 Å². The first-order chi connectivity index (χ1) is 8.60. The van der Waals surface area contributed by atoms with E-state index in [2.05, 4.69) is 58.4 Å². The molecular weight excluding hydrogens is 232 g/mol. The molecule has 1 fully saturated rings. The summed E-state index contributed by atoms with van der Waals surface area (Å²) >= 11 is 0. The molecule has 0 bridgehead atoms. The van der Waals surface area contributed by atoms with Crippen LogP contribution in [0.5, 0.6) is 0 Å². The highest BCUT2D eigenvalue weighted by molar-refractivity contribution is 4.81. The van der Waals surface area contributed by atoms with Gasteiger partial charge in [-0.3, -0.25) is 0 Å². The van der Waals surface area contributed by atoms with Gasteiger partial charge < -0.3 is 9.80 Å². The van der Waals surface area contributed by atoms with Gasteiger partial charge in [0.15, 0.2) is 0 Å². The summed E-state index contributed by atoms with van der Waals surface area (Å²) in [5.41, 5.74) is 0.803. The van der Waals surface area contributed by atoms with Crippen molar-refractivity contribution in [3.63, 3.8) is 0 Å². The van der Waals surface area contributed by atoms with Crippen LogP contribution in [0.4, 0.5) is 0 Å². The normalized spacial score (nSPS) is 20.2. The molecule has 0 amide bonds. The largest absolute Gasteiger partial charge is 0.303 e. The van der Waals surface area contributed by atoms with Gasteiger partial charge in [-0.2, -0.15) is 0 Å². The van der Waals surface area contributed by atoms with Gasteiger partial charge in [-0.1, -0.05) is 20.8 Å². The predicted molar refractivity (Wildman–Crippen MR) is 85.6 cm³/mol. The standard InChI is InChI=1S/C17H36N2/c1-16(2,3)15-9-13-19(14-10-15)12-8-11-18(7)17(4,5)6/h15H,8-14H2,1-7H3. The topological polar surface area (TPSA) is 6.48 Å². The molecule has 0 unspecified atom stereocenters. The molecule has 0 aromatic rings. The number of likely N-dealkylation sites (tertiary alicyclic amines) is 1. The highest BCUT2D eigenvalue weighted by Gasteiger charge is 2.28. The van der Waals surface area contributed by atoms with E-state index in [0.29, 0.717) is 11.0 Å². The van der Waals surface area contributed by atoms with Crippen molar-refractivity contribution in [2.45, 2.75) is 66.3 Å². The quantitative estimate of drug-likeness (QED) is 0.764. The van der Waals surface area contributed by atoms with Crippen LogP contribution in [0.3, 0.4) is 0 Å². The van der Waals surface area contributed by atoms with Crippen LogP contribution in [0.1, 0.15) is 60.8 Å². The molecule has 1 aliphatic heterocycles. The Bertz CT molecular complexity index is 251. The molecule has 19 heavy (non-hydrogen) atoms. The Hall–Kier alpha value is -0.0800. The first-order valence-electron chi connectivity index (χ1n) is 8.04. The molecule has 0 spiro atoms. The molecule has 0 atom stereocenters. The fourth-order valence-electron chi connectivity index (χ4n) is 2.89. The molecule has 2 nitrogen and oxygen atoms in total. The number of piperidine rings is 1. The van der Waals surface area contributed by atoms with E-state index < -0.39 is 0 Å². The van der Waals surface area contributed by atoms with E-state index >= 15 is 0 Å². The summed E-state index contributed by atoms with van der Waals surface area (Å²) in [6.07, 6.45) is 4.07. The van der Waals surface area contributed by atoms with Crippen LogP contribution >= 0.6 is 0 Å². The number of nitrogens with zero attached hydrogens (tertiary/aromatic N) is 2. The lowest BCUT2D eigenvalue weighted by molar-refractivity contribution is 0.104. The summed E-state index contributed by atoms with van der Waals surface area (Å²) < 4.78 is 0. The van der Waals surface area contributed by atoms with Crippen molar-refractivity contribution in [2.75, 3.05) is 33.2 Å². The average Bonchev–Trinajstić information content (AvgIpc) is 2.27. The molecule has 0 aromatic carbocycles. The highest BCUT2D eigenvalue weighted by Crippen LogP contribution is 2.34. The van der Waals surface area contributed by atoms with Gasteiger partial charge in [0.25, 0.3) is 0 Å². The predicted octanol–water partition coefficient (Wildman–Crippen LogP) is 3.86. The van der Waals surface area contributed by atoms with Gasteiger partial charge >= 0.3 is 0 Å². The fraction of sp³-hybridized carbons (Fsp3) is 1.00. The third-order valence-corrected chi connectivity index (χ3v) is 4.93. The van der Waals surface area contributed by atoms with E-state index in [-0.39, 0.29) is 0 Å². The van der Waals surface area contributed by atoms with Crippen LogP contribution in [0, 0.1) is 11.3 Å². The summed E-state index contributed by atoms with van der Waals surface area (Å²) in [5.74, 6) is 0.918. The van der Waals surface area contributed by atoms with Gasteiger partial charge in [0, 0.05) is 5.54 Å². The summed E-state index contributed by atoms with van der Waals surface area (Å²) in [6, 6.07) is 0. The molecule has 2 heteroatoms. The van der Waals surface area contributed by atoms with E-state index in [0.717, 1.165) is 5.92 Å². The van der Waals surface area contributed by atoms with Gasteiger partial charge in [-0.05, 0) is 84.6 Å². The Labute approximate surface area is 121 Å². The lowest BCUT2D eigenvalue weighted by Crippen LogP contribution is -2.41. The molecule has 0 aromatic heterocycles. The van der Waals surface area contributed by atoms with Gasteiger partial charge in [0.1, 0.15) is 0 Å². The van der Waals surface area contributed by atoms with Crippen molar-refractivity contribution in [1.82, 2.24) is 9.80 Å². The molecule has 114 valence electrons. The Kier molecular flexibility index (Phi) is 5.88. The maximum absolute atomic E-state index is 2.67. The van der Waals surface area contributed by atoms with Crippen LogP contribution in [0.15, 0.2) is 0 Å². The third-order valence-electron chi connectivity index (χ3n) is 4.93. The van der Waals surface area contributed by atoms with E-state index in [1.165, 1.54) is 45.4 Å². The van der Waals surface area contributed by atoms with Gasteiger partial charge in [0.2, 0.25) is 0 Å². The van der Waals surface area contributed by atoms with Gasteiger partial charge in [-0.25, -0.2) is 0 Å². The van der Waals surface area contributed by atoms with Crippen molar-refractivity contribution in [1.29, 1.82) is 0 Å². The molecule has 0 N–H and O–H groups in total. The SMILES string of the molecule is CN(CCCN1CCC(C(C)(C)C)CC1)C(C)(C)C. The van der Waals surface area contributed by atoms with Crippen LogP contribution in [0.25, 0.3) is 0 Å². The van der Waals surface area contributed by atoms with E-state index in [1.54, 1.807) is 0 Å². The minimum absolute atomic E-state index is 0.305. The molecule has 1 aliphatic rings. The highest BCUT2D eigenvalue weighted by atomic mass is 15.2. The molecular formula is C17H36N2. The minimum Gasteiger partial charge on any atom is -0.303 e. The second kappa shape index (κ2) is 6.58. The van der Waals surface area contributed by atoms with Crippen molar-refractivity contribution in [3.8, 4) is 0 Å². The third kappa shape index (κ3) is 5.83. The van der Waals surface area contributed by atoms with Crippen molar-refractivity contribution >= 4 is 0 Å². The Morgan fingerprint density at radius 2 is 1.53 bits per heavy atom. The summed E-state index contributed by atoms with van der Waals surface area (Å²) in [4.78, 5) is 5.13. The van der Waals surface area contributed by atoms with Gasteiger partial charge in [0.05, 0.1) is 0 Å². The molecule has 0 radical (unpaired) electrons. The van der Waals surface area contributed by atoms with Crippen LogP contribution in [-0.4, -0.2) is 48.6 Å². The Balaban J connectivity index is 2.20. The maximum Gasteiger partial charge on any atom is 0.0122 e. The minimum atomic E-state index is 0.305. The second-order valence-corrected chi connectivity index (χ2v) is 8.43. The zero-order chi connectivity index (χ0) is 14.7. The van der Waals surface area contributed by atoms with E-state index in [4.69, 9.17) is 0 Å². The van der Waals surface area contributed by atoms with Crippen LogP contribution in [-0.2, 0) is 0 Å². The molecule has 1 saturated heterocycles. The lowest BCUT2D eigenvalue weighted by atomic mass is 9.75.